The third-order valence-electron chi connectivity index (χ3n) is 3.41. The molecule has 1 heterocycles. The molecule has 1 aromatic heterocycles. The number of aliphatic hydroxyl groups is 1. The van der Waals surface area contributed by atoms with E-state index in [1.54, 1.807) is 17.4 Å². The number of anilines is 2. The molecule has 2 rings (SSSR count). The Morgan fingerprint density at radius 1 is 1.30 bits per heavy atom. The van der Waals surface area contributed by atoms with Crippen molar-refractivity contribution in [1.82, 2.24) is 4.98 Å². The monoisotopic (exact) mass is 333 g/mol. The number of hydrogen-bond acceptors (Lipinski definition) is 5. The van der Waals surface area contributed by atoms with Crippen molar-refractivity contribution >= 4 is 28.6 Å². The van der Waals surface area contributed by atoms with Crippen LogP contribution in [0.1, 0.15) is 48.3 Å². The van der Waals surface area contributed by atoms with Crippen molar-refractivity contribution in [2.75, 3.05) is 17.2 Å². The molecule has 0 radical (unpaired) electrons. The number of rotatable bonds is 6. The first-order chi connectivity index (χ1) is 10.9. The Bertz CT molecular complexity index is 682. The van der Waals surface area contributed by atoms with Crippen molar-refractivity contribution in [2.45, 2.75) is 39.7 Å². The lowest BCUT2D eigenvalue weighted by Gasteiger charge is -2.15. The molecule has 1 aromatic carbocycles. The van der Waals surface area contributed by atoms with Gasteiger partial charge in [-0.25, -0.2) is 4.98 Å². The number of aromatic nitrogens is 1. The molecule has 1 amide bonds. The molecule has 0 saturated carbocycles. The highest BCUT2D eigenvalue weighted by Crippen LogP contribution is 2.31. The van der Waals surface area contributed by atoms with Crippen LogP contribution in [0, 0.1) is 6.92 Å². The summed E-state index contributed by atoms with van der Waals surface area (Å²) in [4.78, 5) is 17.1. The molecule has 2 aromatic rings. The number of nitrogens with one attached hydrogen (secondary N) is 2. The topological polar surface area (TPSA) is 74.2 Å². The molecule has 0 aliphatic carbocycles. The molecule has 1 unspecified atom stereocenters. The van der Waals surface area contributed by atoms with E-state index in [0.717, 1.165) is 16.4 Å². The van der Waals surface area contributed by atoms with E-state index >= 15 is 0 Å². The first-order valence-corrected chi connectivity index (χ1v) is 8.47. The van der Waals surface area contributed by atoms with Crippen molar-refractivity contribution in [2.24, 2.45) is 0 Å². The van der Waals surface area contributed by atoms with Crippen LogP contribution in [0.2, 0.25) is 0 Å². The third-order valence-corrected chi connectivity index (χ3v) is 5.05. The van der Waals surface area contributed by atoms with Gasteiger partial charge in [-0.3, -0.25) is 4.79 Å². The number of benzene rings is 1. The molecule has 124 valence electrons. The van der Waals surface area contributed by atoms with Crippen LogP contribution in [0.5, 0.6) is 0 Å². The minimum Gasteiger partial charge on any atom is -0.387 e. The minimum absolute atomic E-state index is 0.129. The second kappa shape index (κ2) is 7.57. The summed E-state index contributed by atoms with van der Waals surface area (Å²) in [5.41, 5.74) is 2.63. The maximum atomic E-state index is 11.3. The summed E-state index contributed by atoms with van der Waals surface area (Å²) in [6, 6.07) is 7.58. The van der Waals surface area contributed by atoms with E-state index in [4.69, 9.17) is 5.11 Å². The molecule has 0 aliphatic heterocycles. The van der Waals surface area contributed by atoms with Gasteiger partial charge in [0.05, 0.1) is 16.7 Å². The standard InChI is InChI=1S/C17H23N3O2S/c1-10(2)17-19-12(4)16(23-17)11(3)18-13-6-5-7-14(8-13)20-15(22)9-21/h5-8,10-11,18,21H,9H2,1-4H3,(H,20,22). The molecule has 6 heteroatoms. The van der Waals surface area contributed by atoms with E-state index in [2.05, 4.69) is 36.4 Å². The van der Waals surface area contributed by atoms with Gasteiger partial charge in [0, 0.05) is 22.2 Å². The van der Waals surface area contributed by atoms with Gasteiger partial charge in [0.15, 0.2) is 0 Å². The number of thiazole rings is 1. The summed E-state index contributed by atoms with van der Waals surface area (Å²) in [6.45, 7) is 7.91. The number of carbonyl (C=O) groups excluding carboxylic acids is 1. The van der Waals surface area contributed by atoms with Crippen LogP contribution in [0.15, 0.2) is 24.3 Å². The highest BCUT2D eigenvalue weighted by molar-refractivity contribution is 7.12. The maximum absolute atomic E-state index is 11.3. The average molecular weight is 333 g/mol. The highest BCUT2D eigenvalue weighted by Gasteiger charge is 2.16. The Labute approximate surface area is 140 Å². The molecular formula is C17H23N3O2S. The van der Waals surface area contributed by atoms with Crippen LogP contribution < -0.4 is 10.6 Å². The predicted octanol–water partition coefficient (Wildman–Crippen LogP) is 3.68. The number of nitrogens with zero attached hydrogens (tertiary/aromatic N) is 1. The Balaban J connectivity index is 2.12. The number of amides is 1. The zero-order valence-corrected chi connectivity index (χ0v) is 14.7. The molecule has 0 bridgehead atoms. The van der Waals surface area contributed by atoms with E-state index < -0.39 is 12.5 Å². The number of aliphatic hydroxyl groups excluding tert-OH is 1. The van der Waals surface area contributed by atoms with Crippen LogP contribution in [-0.4, -0.2) is 22.6 Å². The molecular weight excluding hydrogens is 310 g/mol. The molecule has 0 saturated heterocycles. The van der Waals surface area contributed by atoms with Gasteiger partial charge in [-0.15, -0.1) is 11.3 Å². The largest absolute Gasteiger partial charge is 0.387 e. The Morgan fingerprint density at radius 3 is 2.61 bits per heavy atom. The Kier molecular flexibility index (Phi) is 5.74. The van der Waals surface area contributed by atoms with E-state index in [0.29, 0.717) is 11.6 Å². The lowest BCUT2D eigenvalue weighted by atomic mass is 10.2. The summed E-state index contributed by atoms with van der Waals surface area (Å²) < 4.78 is 0. The normalized spacial score (nSPS) is 12.3. The van der Waals surface area contributed by atoms with Gasteiger partial charge in [0.2, 0.25) is 5.91 Å². The molecule has 3 N–H and O–H groups in total. The van der Waals surface area contributed by atoms with E-state index in [-0.39, 0.29) is 6.04 Å². The molecule has 0 fully saturated rings. The van der Waals surface area contributed by atoms with Crippen molar-refractivity contribution in [3.8, 4) is 0 Å². The van der Waals surface area contributed by atoms with Crippen LogP contribution >= 0.6 is 11.3 Å². The number of hydrogen-bond donors (Lipinski definition) is 3. The molecule has 0 spiro atoms. The highest BCUT2D eigenvalue weighted by atomic mass is 32.1. The molecule has 5 nitrogen and oxygen atoms in total. The van der Waals surface area contributed by atoms with E-state index in [1.165, 1.54) is 4.88 Å². The van der Waals surface area contributed by atoms with Crippen molar-refractivity contribution in [3.63, 3.8) is 0 Å². The zero-order chi connectivity index (χ0) is 17.0. The lowest BCUT2D eigenvalue weighted by Crippen LogP contribution is -2.15. The fraction of sp³-hybridized carbons (Fsp3) is 0.412. The van der Waals surface area contributed by atoms with Gasteiger partial charge in [-0.05, 0) is 32.0 Å². The zero-order valence-electron chi connectivity index (χ0n) is 13.9. The van der Waals surface area contributed by atoms with Crippen molar-refractivity contribution < 1.29 is 9.90 Å². The molecule has 23 heavy (non-hydrogen) atoms. The van der Waals surface area contributed by atoms with E-state index in [1.807, 2.05) is 25.1 Å². The second-order valence-corrected chi connectivity index (χ2v) is 6.87. The number of carbonyl (C=O) groups is 1. The van der Waals surface area contributed by atoms with Gasteiger partial charge in [-0.2, -0.15) is 0 Å². The molecule has 0 aliphatic rings. The number of aryl methyl sites for hydroxylation is 1. The smallest absolute Gasteiger partial charge is 0.250 e. The predicted molar refractivity (Wildman–Crippen MR) is 95.1 cm³/mol. The quantitative estimate of drug-likeness (QED) is 0.754. The summed E-state index contributed by atoms with van der Waals surface area (Å²) in [6.07, 6.45) is 0. The summed E-state index contributed by atoms with van der Waals surface area (Å²) >= 11 is 1.74. The van der Waals surface area contributed by atoms with E-state index in [9.17, 15) is 4.79 Å². The fourth-order valence-electron chi connectivity index (χ4n) is 2.28. The van der Waals surface area contributed by atoms with Crippen LogP contribution in [-0.2, 0) is 4.79 Å². The van der Waals surface area contributed by atoms with Gasteiger partial charge < -0.3 is 15.7 Å². The first-order valence-electron chi connectivity index (χ1n) is 7.65. The third kappa shape index (κ3) is 4.53. The summed E-state index contributed by atoms with van der Waals surface area (Å²) in [5.74, 6) is 0.00625. The van der Waals surface area contributed by atoms with Crippen molar-refractivity contribution in [3.05, 3.63) is 39.8 Å². The fourth-order valence-corrected chi connectivity index (χ4v) is 3.35. The van der Waals surface area contributed by atoms with Crippen LogP contribution in [0.4, 0.5) is 11.4 Å². The van der Waals surface area contributed by atoms with Crippen LogP contribution in [0.25, 0.3) is 0 Å². The summed E-state index contributed by atoms with van der Waals surface area (Å²) in [5, 5.41) is 16.0. The van der Waals surface area contributed by atoms with Crippen LogP contribution in [0.3, 0.4) is 0 Å². The van der Waals surface area contributed by atoms with Gasteiger partial charge in [0.25, 0.3) is 0 Å². The van der Waals surface area contributed by atoms with Gasteiger partial charge in [-0.1, -0.05) is 19.9 Å². The minimum atomic E-state index is -0.522. The average Bonchev–Trinajstić information content (AvgIpc) is 2.90. The first kappa shape index (κ1) is 17.4. The Hall–Kier alpha value is -1.92. The SMILES string of the molecule is Cc1nc(C(C)C)sc1C(C)Nc1cccc(NC(=O)CO)c1. The molecule has 1 atom stereocenters. The maximum Gasteiger partial charge on any atom is 0.250 e. The lowest BCUT2D eigenvalue weighted by molar-refractivity contribution is -0.118. The van der Waals surface area contributed by atoms with Gasteiger partial charge in [0.1, 0.15) is 6.61 Å². The van der Waals surface area contributed by atoms with Gasteiger partial charge >= 0.3 is 0 Å². The second-order valence-electron chi connectivity index (χ2n) is 5.81. The summed E-state index contributed by atoms with van der Waals surface area (Å²) in [7, 11) is 0. The van der Waals surface area contributed by atoms with Crippen molar-refractivity contribution in [1.29, 1.82) is 0 Å². The Morgan fingerprint density at radius 2 is 2.00 bits per heavy atom.